The maximum absolute atomic E-state index is 12.8. The summed E-state index contributed by atoms with van der Waals surface area (Å²) >= 11 is 0. The molecule has 1 atom stereocenters. The molecule has 3 nitrogen and oxygen atoms in total. The van der Waals surface area contributed by atoms with E-state index in [0.717, 1.165) is 44.1 Å². The molecule has 0 saturated heterocycles. The summed E-state index contributed by atoms with van der Waals surface area (Å²) in [6.07, 6.45) is 6.96. The second-order valence-electron chi connectivity index (χ2n) is 6.21. The van der Waals surface area contributed by atoms with Crippen LogP contribution in [0.15, 0.2) is 30.3 Å². The maximum Gasteiger partial charge on any atom is 0.324 e. The summed E-state index contributed by atoms with van der Waals surface area (Å²) in [6, 6.07) is 9.47. The van der Waals surface area contributed by atoms with Crippen molar-refractivity contribution in [3.63, 3.8) is 0 Å². The minimum atomic E-state index is -1.05. The number of rotatable bonds is 3. The Bertz CT molecular complexity index is 517. The van der Waals surface area contributed by atoms with E-state index in [-0.39, 0.29) is 17.9 Å². The lowest BCUT2D eigenvalue weighted by atomic mass is 9.68. The summed E-state index contributed by atoms with van der Waals surface area (Å²) < 4.78 is 5.72. The van der Waals surface area contributed by atoms with E-state index in [1.165, 1.54) is 0 Å². The highest BCUT2D eigenvalue weighted by atomic mass is 16.5. The van der Waals surface area contributed by atoms with Gasteiger partial charge in [0.1, 0.15) is 6.10 Å². The van der Waals surface area contributed by atoms with Crippen molar-refractivity contribution in [2.75, 3.05) is 0 Å². The molecular formula is C18H22O3. The average Bonchev–Trinajstić information content (AvgIpc) is 3.01. The molecule has 1 aromatic rings. The molecular weight excluding hydrogens is 264 g/mol. The predicted molar refractivity (Wildman–Crippen MR) is 79.9 cm³/mol. The van der Waals surface area contributed by atoms with Gasteiger partial charge in [-0.2, -0.15) is 0 Å². The Hall–Kier alpha value is -1.64. The third-order valence-electron chi connectivity index (χ3n) is 4.87. The Labute approximate surface area is 125 Å². The van der Waals surface area contributed by atoms with Gasteiger partial charge in [-0.1, -0.05) is 36.8 Å². The van der Waals surface area contributed by atoms with E-state index >= 15 is 0 Å². The molecule has 0 amide bonds. The average molecular weight is 286 g/mol. The van der Waals surface area contributed by atoms with E-state index in [2.05, 4.69) is 0 Å². The highest BCUT2D eigenvalue weighted by molar-refractivity contribution is 6.10. The van der Waals surface area contributed by atoms with Gasteiger partial charge in [0.15, 0.2) is 11.2 Å². The normalized spacial score (nSPS) is 26.8. The summed E-state index contributed by atoms with van der Waals surface area (Å²) in [4.78, 5) is 25.5. The zero-order valence-corrected chi connectivity index (χ0v) is 12.3. The third kappa shape index (κ3) is 2.61. The van der Waals surface area contributed by atoms with Crippen LogP contribution in [-0.4, -0.2) is 17.9 Å². The van der Waals surface area contributed by atoms with Gasteiger partial charge in [0.05, 0.1) is 0 Å². The number of benzene rings is 1. The number of ketones is 1. The SMILES string of the molecule is O=C1CCCC[C@@]1(C(=O)OC1CCCC1)c1ccccc1. The van der Waals surface area contributed by atoms with E-state index in [1.807, 2.05) is 30.3 Å². The molecule has 0 bridgehead atoms. The zero-order chi connectivity index (χ0) is 14.7. The van der Waals surface area contributed by atoms with E-state index in [9.17, 15) is 9.59 Å². The number of carbonyl (C=O) groups is 2. The van der Waals surface area contributed by atoms with E-state index in [0.29, 0.717) is 12.8 Å². The van der Waals surface area contributed by atoms with Crippen LogP contribution in [0.3, 0.4) is 0 Å². The highest BCUT2D eigenvalue weighted by Crippen LogP contribution is 2.39. The second kappa shape index (κ2) is 6.00. The van der Waals surface area contributed by atoms with Crippen LogP contribution in [0.1, 0.15) is 56.9 Å². The second-order valence-corrected chi connectivity index (χ2v) is 6.21. The Morgan fingerprint density at radius 3 is 2.43 bits per heavy atom. The first-order valence-electron chi connectivity index (χ1n) is 8.03. The number of esters is 1. The monoisotopic (exact) mass is 286 g/mol. The van der Waals surface area contributed by atoms with Crippen molar-refractivity contribution in [2.45, 2.75) is 62.9 Å². The molecule has 2 aliphatic carbocycles. The summed E-state index contributed by atoms with van der Waals surface area (Å²) in [6.45, 7) is 0. The van der Waals surface area contributed by atoms with Crippen molar-refractivity contribution in [2.24, 2.45) is 0 Å². The lowest BCUT2D eigenvalue weighted by Crippen LogP contribution is -2.47. The Morgan fingerprint density at radius 1 is 1.05 bits per heavy atom. The molecule has 2 saturated carbocycles. The summed E-state index contributed by atoms with van der Waals surface area (Å²) in [5, 5.41) is 0. The van der Waals surface area contributed by atoms with Gasteiger partial charge in [0.2, 0.25) is 0 Å². The van der Waals surface area contributed by atoms with Gasteiger partial charge >= 0.3 is 5.97 Å². The first-order valence-corrected chi connectivity index (χ1v) is 8.03. The molecule has 0 aromatic heterocycles. The van der Waals surface area contributed by atoms with Crippen molar-refractivity contribution in [3.8, 4) is 0 Å². The van der Waals surface area contributed by atoms with Crippen LogP contribution in [0.4, 0.5) is 0 Å². The number of hydrogen-bond donors (Lipinski definition) is 0. The van der Waals surface area contributed by atoms with Crippen molar-refractivity contribution >= 4 is 11.8 Å². The lowest BCUT2D eigenvalue weighted by molar-refractivity contribution is -0.160. The van der Waals surface area contributed by atoms with Crippen LogP contribution in [0.5, 0.6) is 0 Å². The number of carbonyl (C=O) groups excluding carboxylic acids is 2. The summed E-state index contributed by atoms with van der Waals surface area (Å²) in [7, 11) is 0. The van der Waals surface area contributed by atoms with Gasteiger partial charge in [-0.15, -0.1) is 0 Å². The molecule has 2 aliphatic rings. The Kier molecular flexibility index (Phi) is 4.09. The van der Waals surface area contributed by atoms with Gasteiger partial charge < -0.3 is 4.74 Å². The molecule has 3 rings (SSSR count). The maximum atomic E-state index is 12.8. The molecule has 112 valence electrons. The third-order valence-corrected chi connectivity index (χ3v) is 4.87. The first-order chi connectivity index (χ1) is 10.2. The van der Waals surface area contributed by atoms with Crippen LogP contribution in [0, 0.1) is 0 Å². The quantitative estimate of drug-likeness (QED) is 0.630. The van der Waals surface area contributed by atoms with Gasteiger partial charge in [-0.05, 0) is 44.1 Å². The fourth-order valence-electron chi connectivity index (χ4n) is 3.65. The Balaban J connectivity index is 1.92. The molecule has 0 spiro atoms. The van der Waals surface area contributed by atoms with Crippen LogP contribution in [0.2, 0.25) is 0 Å². The van der Waals surface area contributed by atoms with Gasteiger partial charge in [0, 0.05) is 6.42 Å². The highest BCUT2D eigenvalue weighted by Gasteiger charge is 2.50. The standard InChI is InChI=1S/C18H22O3/c19-16-12-6-7-13-18(16,14-8-2-1-3-9-14)17(20)21-15-10-4-5-11-15/h1-3,8-9,15H,4-7,10-13H2/t18-/m1/s1. The van der Waals surface area contributed by atoms with Crippen LogP contribution >= 0.6 is 0 Å². The minimum Gasteiger partial charge on any atom is -0.461 e. The minimum absolute atomic E-state index is 0.00723. The first kappa shape index (κ1) is 14.3. The molecule has 3 heteroatoms. The largest absolute Gasteiger partial charge is 0.461 e. The Morgan fingerprint density at radius 2 is 1.76 bits per heavy atom. The fourth-order valence-corrected chi connectivity index (χ4v) is 3.65. The van der Waals surface area contributed by atoms with E-state index in [4.69, 9.17) is 4.74 Å². The lowest BCUT2D eigenvalue weighted by Gasteiger charge is -2.34. The van der Waals surface area contributed by atoms with Crippen molar-refractivity contribution in [1.82, 2.24) is 0 Å². The molecule has 0 heterocycles. The molecule has 0 radical (unpaired) electrons. The molecule has 0 unspecified atom stereocenters. The van der Waals surface area contributed by atoms with Gasteiger partial charge in [-0.3, -0.25) is 9.59 Å². The predicted octanol–water partition coefficient (Wildman–Crippen LogP) is 3.55. The van der Waals surface area contributed by atoms with Crippen molar-refractivity contribution in [3.05, 3.63) is 35.9 Å². The molecule has 0 aliphatic heterocycles. The van der Waals surface area contributed by atoms with Gasteiger partial charge in [-0.25, -0.2) is 0 Å². The van der Waals surface area contributed by atoms with Gasteiger partial charge in [0.25, 0.3) is 0 Å². The molecule has 1 aromatic carbocycles. The van der Waals surface area contributed by atoms with E-state index < -0.39 is 5.41 Å². The number of hydrogen-bond acceptors (Lipinski definition) is 3. The summed E-state index contributed by atoms with van der Waals surface area (Å²) in [5.41, 5.74) is -0.250. The smallest absolute Gasteiger partial charge is 0.324 e. The van der Waals surface area contributed by atoms with Crippen molar-refractivity contribution in [1.29, 1.82) is 0 Å². The molecule has 21 heavy (non-hydrogen) atoms. The topological polar surface area (TPSA) is 43.4 Å². The number of ether oxygens (including phenoxy) is 1. The zero-order valence-electron chi connectivity index (χ0n) is 12.3. The fraction of sp³-hybridized carbons (Fsp3) is 0.556. The van der Waals surface area contributed by atoms with Crippen LogP contribution in [-0.2, 0) is 19.7 Å². The van der Waals surface area contributed by atoms with Crippen LogP contribution < -0.4 is 0 Å². The van der Waals surface area contributed by atoms with Crippen molar-refractivity contribution < 1.29 is 14.3 Å². The molecule has 2 fully saturated rings. The molecule has 0 N–H and O–H groups in total. The summed E-state index contributed by atoms with van der Waals surface area (Å²) in [5.74, 6) is -0.284. The van der Waals surface area contributed by atoms with E-state index in [1.54, 1.807) is 0 Å². The van der Waals surface area contributed by atoms with Crippen LogP contribution in [0.25, 0.3) is 0 Å². The number of Topliss-reactive ketones (excluding diaryl/α,β-unsaturated/α-hetero) is 1.